The molecule has 1 heterocycles. The van der Waals surface area contributed by atoms with Crippen LogP contribution in [0.25, 0.3) is 21.9 Å². The highest BCUT2D eigenvalue weighted by molar-refractivity contribution is 8.00. The minimum absolute atomic E-state index is 0.158. The minimum atomic E-state index is -0.658. The van der Waals surface area contributed by atoms with Gasteiger partial charge in [0.05, 0.1) is 11.9 Å². The molecule has 41 heavy (non-hydrogen) atoms. The zero-order valence-corrected chi connectivity index (χ0v) is 23.6. The molecular formula is C34H31N3O3S. The average molecular weight is 562 g/mol. The Balaban J connectivity index is 1.36. The van der Waals surface area contributed by atoms with Crippen molar-refractivity contribution in [1.29, 1.82) is 0 Å². The highest BCUT2D eigenvalue weighted by Crippen LogP contribution is 2.38. The van der Waals surface area contributed by atoms with Gasteiger partial charge in [-0.2, -0.15) is 0 Å². The van der Waals surface area contributed by atoms with Crippen LogP contribution in [-0.2, 0) is 22.6 Å². The maximum Gasteiger partial charge on any atom is 0.242 e. The van der Waals surface area contributed by atoms with Crippen LogP contribution in [0.15, 0.2) is 120 Å². The Morgan fingerprint density at radius 2 is 1.56 bits per heavy atom. The summed E-state index contributed by atoms with van der Waals surface area (Å²) in [4.78, 5) is 31.0. The quantitative estimate of drug-likeness (QED) is 0.192. The summed E-state index contributed by atoms with van der Waals surface area (Å²) in [6.45, 7) is 0.443. The molecule has 206 valence electrons. The molecule has 2 N–H and O–H groups in total. The maximum atomic E-state index is 13.1. The number of pyridine rings is 1. The van der Waals surface area contributed by atoms with Crippen LogP contribution >= 0.6 is 11.8 Å². The van der Waals surface area contributed by atoms with Gasteiger partial charge in [0.15, 0.2) is 0 Å². The molecule has 0 aliphatic rings. The lowest BCUT2D eigenvalue weighted by Gasteiger charge is -2.18. The summed E-state index contributed by atoms with van der Waals surface area (Å²) >= 11 is 1.44. The van der Waals surface area contributed by atoms with Crippen LogP contribution in [0, 0.1) is 0 Å². The largest absolute Gasteiger partial charge is 0.487 e. The van der Waals surface area contributed by atoms with E-state index in [1.807, 2.05) is 91.1 Å². The molecule has 0 fully saturated rings. The van der Waals surface area contributed by atoms with Crippen LogP contribution < -0.4 is 15.4 Å². The third kappa shape index (κ3) is 7.32. The summed E-state index contributed by atoms with van der Waals surface area (Å²) < 4.78 is 6.06. The fraction of sp³-hybridized carbons (Fsp3) is 0.147. The van der Waals surface area contributed by atoms with E-state index in [4.69, 9.17) is 4.74 Å². The average Bonchev–Trinajstić information content (AvgIpc) is 3.03. The van der Waals surface area contributed by atoms with Crippen molar-refractivity contribution in [3.63, 3.8) is 0 Å². The summed E-state index contributed by atoms with van der Waals surface area (Å²) in [7, 11) is 1.58. The van der Waals surface area contributed by atoms with Gasteiger partial charge in [-0.1, -0.05) is 91.0 Å². The molecule has 0 bridgehead atoms. The Kier molecular flexibility index (Phi) is 9.29. The zero-order chi connectivity index (χ0) is 28.4. The van der Waals surface area contributed by atoms with Gasteiger partial charge in [0.25, 0.3) is 0 Å². The van der Waals surface area contributed by atoms with E-state index >= 15 is 0 Å². The number of aromatic nitrogens is 1. The number of fused-ring (bicyclic) bond motifs is 1. The standard InChI is InChI=1S/C34H31N3O3S/c1-35-34(39)30(18-24-10-4-2-5-11-24)37-32(38)23-41-31-17-16-26-14-8-9-15-29(26)33(31)27-19-28(21-36-20-27)40-22-25-12-6-3-7-13-25/h2-17,19-21,30H,18,22-23H2,1H3,(H,35,39)(H,37,38)/t30-/m0/s1. The molecule has 5 rings (SSSR count). The van der Waals surface area contributed by atoms with Gasteiger partial charge in [-0.15, -0.1) is 11.8 Å². The lowest BCUT2D eigenvalue weighted by molar-refractivity contribution is -0.127. The van der Waals surface area contributed by atoms with Crippen molar-refractivity contribution in [2.45, 2.75) is 24.0 Å². The first-order chi connectivity index (χ1) is 20.1. The Bertz CT molecular complexity index is 1630. The third-order valence-corrected chi connectivity index (χ3v) is 7.74. The van der Waals surface area contributed by atoms with Crippen molar-refractivity contribution in [3.8, 4) is 16.9 Å². The highest BCUT2D eigenvalue weighted by Gasteiger charge is 2.21. The zero-order valence-electron chi connectivity index (χ0n) is 22.7. The molecule has 1 atom stereocenters. The Hall–Kier alpha value is -4.62. The molecule has 0 saturated heterocycles. The Labute approximate surface area is 244 Å². The van der Waals surface area contributed by atoms with E-state index in [0.29, 0.717) is 18.8 Å². The molecular weight excluding hydrogens is 530 g/mol. The Morgan fingerprint density at radius 3 is 2.32 bits per heavy atom. The maximum absolute atomic E-state index is 13.1. The van der Waals surface area contributed by atoms with E-state index in [-0.39, 0.29) is 17.6 Å². The lowest BCUT2D eigenvalue weighted by atomic mass is 9.99. The van der Waals surface area contributed by atoms with Gasteiger partial charge >= 0.3 is 0 Å². The first-order valence-corrected chi connectivity index (χ1v) is 14.4. The molecule has 1 aromatic heterocycles. The second-order valence-electron chi connectivity index (χ2n) is 9.56. The van der Waals surface area contributed by atoms with Gasteiger partial charge in [-0.05, 0) is 34.0 Å². The molecule has 0 radical (unpaired) electrons. The molecule has 0 saturated carbocycles. The van der Waals surface area contributed by atoms with E-state index in [1.165, 1.54) is 11.8 Å². The van der Waals surface area contributed by atoms with E-state index in [9.17, 15) is 9.59 Å². The van der Waals surface area contributed by atoms with Crippen LogP contribution in [0.5, 0.6) is 5.75 Å². The molecule has 6 nitrogen and oxygen atoms in total. The molecule has 0 spiro atoms. The van der Waals surface area contributed by atoms with Gasteiger partial charge in [0, 0.05) is 35.7 Å². The smallest absolute Gasteiger partial charge is 0.242 e. The number of benzene rings is 4. The molecule has 2 amide bonds. The number of hydrogen-bond acceptors (Lipinski definition) is 5. The number of likely N-dealkylation sites (N-methyl/N-ethyl adjacent to an activating group) is 1. The third-order valence-electron chi connectivity index (χ3n) is 6.68. The molecule has 0 aliphatic heterocycles. The minimum Gasteiger partial charge on any atom is -0.487 e. The fourth-order valence-corrected chi connectivity index (χ4v) is 5.56. The Morgan fingerprint density at radius 1 is 0.854 bits per heavy atom. The predicted molar refractivity (Wildman–Crippen MR) is 165 cm³/mol. The van der Waals surface area contributed by atoms with Gasteiger partial charge in [-0.25, -0.2) is 0 Å². The van der Waals surface area contributed by atoms with Gasteiger partial charge in [0.2, 0.25) is 11.8 Å². The topological polar surface area (TPSA) is 80.3 Å². The van der Waals surface area contributed by atoms with Crippen molar-refractivity contribution >= 4 is 34.3 Å². The molecule has 7 heteroatoms. The fourth-order valence-electron chi connectivity index (χ4n) is 4.66. The monoisotopic (exact) mass is 561 g/mol. The van der Waals surface area contributed by atoms with Gasteiger partial charge < -0.3 is 15.4 Å². The first kappa shape index (κ1) is 27.9. The number of rotatable bonds is 11. The number of ether oxygens (including phenoxy) is 1. The van der Waals surface area contributed by atoms with Crippen LogP contribution in [-0.4, -0.2) is 35.6 Å². The summed E-state index contributed by atoms with van der Waals surface area (Å²) in [5, 5.41) is 7.74. The molecule has 4 aromatic carbocycles. The molecule has 0 unspecified atom stereocenters. The summed E-state index contributed by atoms with van der Waals surface area (Å²) in [5.74, 6) is 0.390. The van der Waals surface area contributed by atoms with Crippen molar-refractivity contribution in [3.05, 3.63) is 127 Å². The van der Waals surface area contributed by atoms with Crippen LogP contribution in [0.2, 0.25) is 0 Å². The summed E-state index contributed by atoms with van der Waals surface area (Å²) in [6, 6.07) is 33.3. The van der Waals surface area contributed by atoms with E-state index in [2.05, 4.69) is 33.8 Å². The molecule has 0 aliphatic carbocycles. The summed E-state index contributed by atoms with van der Waals surface area (Å²) in [5.41, 5.74) is 3.95. The van der Waals surface area contributed by atoms with Crippen molar-refractivity contribution in [1.82, 2.24) is 15.6 Å². The lowest BCUT2D eigenvalue weighted by Crippen LogP contribution is -2.47. The number of hydrogen-bond donors (Lipinski definition) is 2. The molecule has 5 aromatic rings. The predicted octanol–water partition coefficient (Wildman–Crippen LogP) is 6.05. The number of amides is 2. The second-order valence-corrected chi connectivity index (χ2v) is 10.6. The van der Waals surface area contributed by atoms with Crippen molar-refractivity contribution in [2.75, 3.05) is 12.8 Å². The van der Waals surface area contributed by atoms with Crippen LogP contribution in [0.4, 0.5) is 0 Å². The van der Waals surface area contributed by atoms with Crippen LogP contribution in [0.1, 0.15) is 11.1 Å². The number of thioether (sulfide) groups is 1. The number of carbonyl (C=O) groups excluding carboxylic acids is 2. The van der Waals surface area contributed by atoms with E-state index in [0.717, 1.165) is 37.9 Å². The second kappa shape index (κ2) is 13.6. The highest BCUT2D eigenvalue weighted by atomic mass is 32.2. The van der Waals surface area contributed by atoms with Gasteiger partial charge in [-0.3, -0.25) is 14.6 Å². The number of carbonyl (C=O) groups is 2. The van der Waals surface area contributed by atoms with Crippen molar-refractivity contribution in [2.24, 2.45) is 0 Å². The first-order valence-electron chi connectivity index (χ1n) is 13.4. The number of nitrogens with one attached hydrogen (secondary N) is 2. The summed E-state index contributed by atoms with van der Waals surface area (Å²) in [6.07, 6.45) is 3.95. The normalized spacial score (nSPS) is 11.5. The van der Waals surface area contributed by atoms with E-state index < -0.39 is 6.04 Å². The SMILES string of the molecule is CNC(=O)[C@H](Cc1ccccc1)NC(=O)CSc1ccc2ccccc2c1-c1cncc(OCc2ccccc2)c1. The van der Waals surface area contributed by atoms with Crippen molar-refractivity contribution < 1.29 is 14.3 Å². The van der Waals surface area contributed by atoms with Gasteiger partial charge in [0.1, 0.15) is 18.4 Å². The number of nitrogens with zero attached hydrogens (tertiary/aromatic N) is 1. The van der Waals surface area contributed by atoms with E-state index in [1.54, 1.807) is 13.2 Å². The van der Waals surface area contributed by atoms with Crippen LogP contribution in [0.3, 0.4) is 0 Å².